The summed E-state index contributed by atoms with van der Waals surface area (Å²) in [6, 6.07) is 7.58. The molecule has 1 aromatic heterocycles. The Balaban J connectivity index is 1.79. The molecule has 2 aromatic rings. The first-order valence-corrected chi connectivity index (χ1v) is 8.96. The molecule has 2 rings (SSSR count). The molecule has 0 fully saturated rings. The van der Waals surface area contributed by atoms with E-state index in [0.29, 0.717) is 6.61 Å². The van der Waals surface area contributed by atoms with Crippen LogP contribution in [0, 0.1) is 13.8 Å². The Bertz CT molecular complexity index is 698. The van der Waals surface area contributed by atoms with Crippen molar-refractivity contribution < 1.29 is 9.47 Å². The smallest absolute Gasteiger partial charge is 0.193 e. The van der Waals surface area contributed by atoms with E-state index in [2.05, 4.69) is 15.3 Å². The Kier molecular flexibility index (Phi) is 7.06. The van der Waals surface area contributed by atoms with E-state index in [1.54, 1.807) is 25.5 Å². The van der Waals surface area contributed by atoms with Crippen molar-refractivity contribution in [1.82, 2.24) is 15.2 Å². The van der Waals surface area contributed by atoms with Gasteiger partial charge in [0.05, 0.1) is 30.9 Å². The Labute approximate surface area is 153 Å². The summed E-state index contributed by atoms with van der Waals surface area (Å²) in [5.74, 6) is 2.49. The van der Waals surface area contributed by atoms with Crippen LogP contribution in [0.15, 0.2) is 29.3 Å². The summed E-state index contributed by atoms with van der Waals surface area (Å²) in [5, 5.41) is 4.47. The van der Waals surface area contributed by atoms with Gasteiger partial charge in [-0.2, -0.15) is 0 Å². The number of aryl methyl sites for hydroxylation is 2. The Morgan fingerprint density at radius 1 is 1.24 bits per heavy atom. The van der Waals surface area contributed by atoms with Crippen molar-refractivity contribution in [1.29, 1.82) is 0 Å². The second-order valence-electron chi connectivity index (χ2n) is 5.59. The molecule has 0 aliphatic carbocycles. The van der Waals surface area contributed by atoms with Crippen molar-refractivity contribution in [2.75, 3.05) is 34.4 Å². The van der Waals surface area contributed by atoms with Crippen LogP contribution in [0.25, 0.3) is 0 Å². The normalized spacial score (nSPS) is 11.3. The lowest BCUT2D eigenvalue weighted by Crippen LogP contribution is -2.40. The van der Waals surface area contributed by atoms with Gasteiger partial charge in [0.25, 0.3) is 0 Å². The maximum Gasteiger partial charge on any atom is 0.193 e. The number of hydrogen-bond donors (Lipinski definition) is 1. The molecule has 1 aromatic carbocycles. The fourth-order valence-electron chi connectivity index (χ4n) is 2.36. The zero-order valence-corrected chi connectivity index (χ0v) is 16.3. The van der Waals surface area contributed by atoms with E-state index in [1.165, 1.54) is 4.88 Å². The van der Waals surface area contributed by atoms with Crippen LogP contribution in [-0.2, 0) is 6.54 Å². The number of aromatic nitrogens is 1. The van der Waals surface area contributed by atoms with Crippen LogP contribution >= 0.6 is 11.3 Å². The van der Waals surface area contributed by atoms with Gasteiger partial charge in [-0.1, -0.05) is 0 Å². The summed E-state index contributed by atoms with van der Waals surface area (Å²) in [5.41, 5.74) is 1.08. The predicted octanol–water partition coefficient (Wildman–Crippen LogP) is 2.85. The molecule has 1 heterocycles. The number of benzene rings is 1. The van der Waals surface area contributed by atoms with Crippen LogP contribution in [0.1, 0.15) is 15.6 Å². The van der Waals surface area contributed by atoms with E-state index in [0.717, 1.165) is 41.2 Å². The molecule has 0 saturated heterocycles. The number of ether oxygens (including phenoxy) is 2. The first-order valence-electron chi connectivity index (χ1n) is 8.15. The molecular formula is C18H26N4O2S. The minimum atomic E-state index is 0.572. The van der Waals surface area contributed by atoms with Crippen molar-refractivity contribution in [3.8, 4) is 11.5 Å². The lowest BCUT2D eigenvalue weighted by molar-refractivity contribution is 0.281. The van der Waals surface area contributed by atoms with E-state index >= 15 is 0 Å². The van der Waals surface area contributed by atoms with Gasteiger partial charge < -0.3 is 19.7 Å². The third-order valence-electron chi connectivity index (χ3n) is 3.73. The highest BCUT2D eigenvalue weighted by Crippen LogP contribution is 2.17. The summed E-state index contributed by atoms with van der Waals surface area (Å²) in [6.07, 6.45) is 0. The SMILES string of the molecule is CN=C(NCc1sc(C)nc1C)N(C)CCOc1ccc(OC)cc1. The first kappa shape index (κ1) is 19.1. The number of guanidine groups is 1. The van der Waals surface area contributed by atoms with Crippen LogP contribution in [0.2, 0.25) is 0 Å². The van der Waals surface area contributed by atoms with Gasteiger partial charge in [-0.3, -0.25) is 4.99 Å². The van der Waals surface area contributed by atoms with Crippen molar-refractivity contribution >= 4 is 17.3 Å². The molecule has 7 heteroatoms. The average Bonchev–Trinajstić information content (AvgIpc) is 2.93. The number of thiazole rings is 1. The number of methoxy groups -OCH3 is 1. The molecular weight excluding hydrogens is 336 g/mol. The zero-order chi connectivity index (χ0) is 18.2. The van der Waals surface area contributed by atoms with Crippen molar-refractivity contribution in [2.45, 2.75) is 20.4 Å². The molecule has 0 aliphatic heterocycles. The number of hydrogen-bond acceptors (Lipinski definition) is 5. The monoisotopic (exact) mass is 362 g/mol. The van der Waals surface area contributed by atoms with Crippen molar-refractivity contribution in [3.05, 3.63) is 39.8 Å². The molecule has 0 spiro atoms. The Morgan fingerprint density at radius 3 is 2.48 bits per heavy atom. The highest BCUT2D eigenvalue weighted by Gasteiger charge is 2.09. The van der Waals surface area contributed by atoms with Crippen molar-refractivity contribution in [2.24, 2.45) is 4.99 Å². The second-order valence-corrected chi connectivity index (χ2v) is 6.88. The molecule has 0 saturated carbocycles. The molecule has 6 nitrogen and oxygen atoms in total. The Morgan fingerprint density at radius 2 is 1.92 bits per heavy atom. The quantitative estimate of drug-likeness (QED) is 0.606. The first-order chi connectivity index (χ1) is 12.0. The number of aliphatic imine (C=N–C) groups is 1. The van der Waals surface area contributed by atoms with E-state index in [4.69, 9.17) is 9.47 Å². The molecule has 25 heavy (non-hydrogen) atoms. The van der Waals surface area contributed by atoms with Crippen LogP contribution in [-0.4, -0.2) is 50.2 Å². The fourth-order valence-corrected chi connectivity index (χ4v) is 3.24. The molecule has 0 bridgehead atoms. The summed E-state index contributed by atoms with van der Waals surface area (Å²) in [7, 11) is 5.43. The van der Waals surface area contributed by atoms with Gasteiger partial charge in [-0.15, -0.1) is 11.3 Å². The molecule has 0 aliphatic rings. The third-order valence-corrected chi connectivity index (χ3v) is 4.81. The molecule has 0 amide bonds. The van der Waals surface area contributed by atoms with Gasteiger partial charge in [-0.05, 0) is 38.1 Å². The number of nitrogens with zero attached hydrogens (tertiary/aromatic N) is 3. The molecule has 136 valence electrons. The van der Waals surface area contributed by atoms with Gasteiger partial charge in [0.15, 0.2) is 5.96 Å². The fraction of sp³-hybridized carbons (Fsp3) is 0.444. The lowest BCUT2D eigenvalue weighted by Gasteiger charge is -2.22. The second kappa shape index (κ2) is 9.27. The minimum absolute atomic E-state index is 0.572. The predicted molar refractivity (Wildman–Crippen MR) is 103 cm³/mol. The molecule has 0 unspecified atom stereocenters. The topological polar surface area (TPSA) is 59.0 Å². The van der Waals surface area contributed by atoms with Crippen LogP contribution < -0.4 is 14.8 Å². The highest BCUT2D eigenvalue weighted by molar-refractivity contribution is 7.11. The maximum absolute atomic E-state index is 5.77. The highest BCUT2D eigenvalue weighted by atomic mass is 32.1. The minimum Gasteiger partial charge on any atom is -0.497 e. The van der Waals surface area contributed by atoms with Gasteiger partial charge in [0.2, 0.25) is 0 Å². The number of rotatable bonds is 7. The van der Waals surface area contributed by atoms with E-state index in [-0.39, 0.29) is 0 Å². The maximum atomic E-state index is 5.77. The summed E-state index contributed by atoms with van der Waals surface area (Å²) < 4.78 is 10.9. The Hall–Kier alpha value is -2.28. The summed E-state index contributed by atoms with van der Waals surface area (Å²) in [4.78, 5) is 12.1. The number of likely N-dealkylation sites (N-methyl/N-ethyl adjacent to an activating group) is 1. The van der Waals surface area contributed by atoms with Gasteiger partial charge in [0, 0.05) is 19.0 Å². The standard InChI is InChI=1S/C18H26N4O2S/c1-13-17(25-14(2)21-13)12-20-18(19-3)22(4)10-11-24-16-8-6-15(23-5)7-9-16/h6-9H,10-12H2,1-5H3,(H,19,20). The molecule has 1 N–H and O–H groups in total. The zero-order valence-electron chi connectivity index (χ0n) is 15.5. The largest absolute Gasteiger partial charge is 0.497 e. The van der Waals surface area contributed by atoms with Gasteiger partial charge >= 0.3 is 0 Å². The van der Waals surface area contributed by atoms with E-state index in [1.807, 2.05) is 50.1 Å². The molecule has 0 atom stereocenters. The van der Waals surface area contributed by atoms with E-state index in [9.17, 15) is 0 Å². The lowest BCUT2D eigenvalue weighted by atomic mass is 10.3. The van der Waals surface area contributed by atoms with Gasteiger partial charge in [0.1, 0.15) is 18.1 Å². The van der Waals surface area contributed by atoms with Crippen LogP contribution in [0.5, 0.6) is 11.5 Å². The third kappa shape index (κ3) is 5.63. The van der Waals surface area contributed by atoms with Crippen LogP contribution in [0.3, 0.4) is 0 Å². The van der Waals surface area contributed by atoms with Crippen molar-refractivity contribution in [3.63, 3.8) is 0 Å². The molecule has 0 radical (unpaired) electrons. The van der Waals surface area contributed by atoms with Crippen LogP contribution in [0.4, 0.5) is 0 Å². The number of nitrogens with one attached hydrogen (secondary N) is 1. The summed E-state index contributed by atoms with van der Waals surface area (Å²) >= 11 is 1.71. The average molecular weight is 362 g/mol. The van der Waals surface area contributed by atoms with E-state index < -0.39 is 0 Å². The summed E-state index contributed by atoms with van der Waals surface area (Å²) in [6.45, 7) is 6.09. The van der Waals surface area contributed by atoms with Gasteiger partial charge in [-0.25, -0.2) is 4.98 Å².